The molecule has 4 rings (SSSR count). The number of hydrogen-bond acceptors (Lipinski definition) is 5. The topological polar surface area (TPSA) is 72.7 Å². The average molecular weight is 375 g/mol. The number of hydrogen-bond donors (Lipinski definition) is 1. The van der Waals surface area contributed by atoms with Crippen molar-refractivity contribution >= 4 is 17.2 Å². The van der Waals surface area contributed by atoms with Crippen molar-refractivity contribution in [2.45, 2.75) is 13.5 Å². The van der Waals surface area contributed by atoms with Gasteiger partial charge in [0.2, 0.25) is 0 Å². The van der Waals surface area contributed by atoms with Crippen LogP contribution in [-0.2, 0) is 6.54 Å². The molecule has 0 bridgehead atoms. The number of nitrogens with zero attached hydrogens (tertiary/aromatic N) is 4. The van der Waals surface area contributed by atoms with Crippen molar-refractivity contribution in [3.05, 3.63) is 83.1 Å². The number of nitrogens with one attached hydrogen (secondary N) is 1. The molecule has 27 heavy (non-hydrogen) atoms. The minimum atomic E-state index is -0.169. The van der Waals surface area contributed by atoms with E-state index in [0.717, 1.165) is 16.1 Å². The zero-order chi connectivity index (χ0) is 18.6. The quantitative estimate of drug-likeness (QED) is 0.578. The van der Waals surface area contributed by atoms with E-state index in [9.17, 15) is 4.79 Å². The first-order valence-electron chi connectivity index (χ1n) is 8.46. The molecule has 0 aliphatic heterocycles. The highest BCUT2D eigenvalue weighted by molar-refractivity contribution is 7.13. The lowest BCUT2D eigenvalue weighted by Gasteiger charge is -2.06. The summed E-state index contributed by atoms with van der Waals surface area (Å²) in [6.07, 6.45) is 3.25. The summed E-state index contributed by atoms with van der Waals surface area (Å²) < 4.78 is 1.59. The lowest BCUT2D eigenvalue weighted by Crippen LogP contribution is -2.23. The van der Waals surface area contributed by atoms with E-state index < -0.39 is 0 Å². The first-order valence-corrected chi connectivity index (χ1v) is 9.34. The third kappa shape index (κ3) is 3.63. The van der Waals surface area contributed by atoms with E-state index in [0.29, 0.717) is 23.8 Å². The largest absolute Gasteiger partial charge is 0.348 e. The molecule has 3 aromatic heterocycles. The summed E-state index contributed by atoms with van der Waals surface area (Å²) in [4.78, 5) is 22.5. The first-order chi connectivity index (χ1) is 13.2. The molecule has 1 N–H and O–H groups in total. The van der Waals surface area contributed by atoms with Crippen LogP contribution in [0, 0.1) is 6.92 Å². The fraction of sp³-hybridized carbons (Fsp3) is 0.100. The fourth-order valence-corrected chi connectivity index (χ4v) is 3.41. The summed E-state index contributed by atoms with van der Waals surface area (Å²) in [7, 11) is 0. The second-order valence-electron chi connectivity index (χ2n) is 5.94. The highest BCUT2D eigenvalue weighted by atomic mass is 32.1. The monoisotopic (exact) mass is 375 g/mol. The molecule has 0 saturated carbocycles. The van der Waals surface area contributed by atoms with E-state index in [1.165, 1.54) is 0 Å². The minimum absolute atomic E-state index is 0.169. The van der Waals surface area contributed by atoms with Gasteiger partial charge in [-0.15, -0.1) is 11.3 Å². The molecule has 0 spiro atoms. The Hall–Kier alpha value is -3.32. The van der Waals surface area contributed by atoms with Gasteiger partial charge in [0.1, 0.15) is 0 Å². The van der Waals surface area contributed by atoms with E-state index in [4.69, 9.17) is 0 Å². The summed E-state index contributed by atoms with van der Waals surface area (Å²) >= 11 is 1.61. The molecule has 1 amide bonds. The third-order valence-corrected chi connectivity index (χ3v) is 5.05. The van der Waals surface area contributed by atoms with E-state index in [1.807, 2.05) is 60.8 Å². The standard InChI is InChI=1S/C20H17N5OS/c1-14-16(19(26)22-12-15-6-3-2-4-7-15)13-23-25(14)20-21-10-9-17(24-20)18-8-5-11-27-18/h2-11,13H,12H2,1H3,(H,22,26). The Balaban J connectivity index is 1.55. The lowest BCUT2D eigenvalue weighted by molar-refractivity contribution is 0.0950. The van der Waals surface area contributed by atoms with E-state index in [2.05, 4.69) is 20.4 Å². The molecule has 4 aromatic rings. The smallest absolute Gasteiger partial charge is 0.255 e. The zero-order valence-electron chi connectivity index (χ0n) is 14.7. The van der Waals surface area contributed by atoms with Gasteiger partial charge in [0.15, 0.2) is 0 Å². The van der Waals surface area contributed by atoms with Gasteiger partial charge in [-0.1, -0.05) is 36.4 Å². The maximum absolute atomic E-state index is 12.5. The van der Waals surface area contributed by atoms with Crippen LogP contribution < -0.4 is 5.32 Å². The van der Waals surface area contributed by atoms with Crippen LogP contribution in [0.3, 0.4) is 0 Å². The van der Waals surface area contributed by atoms with Gasteiger partial charge in [-0.3, -0.25) is 4.79 Å². The van der Waals surface area contributed by atoms with Crippen molar-refractivity contribution in [3.63, 3.8) is 0 Å². The summed E-state index contributed by atoms with van der Waals surface area (Å²) in [5, 5.41) is 9.25. The molecule has 0 unspecified atom stereocenters. The Morgan fingerprint density at radius 2 is 2.00 bits per heavy atom. The van der Waals surface area contributed by atoms with Gasteiger partial charge < -0.3 is 5.32 Å². The van der Waals surface area contributed by atoms with Gasteiger partial charge in [-0.05, 0) is 30.0 Å². The molecular formula is C20H17N5OS. The molecule has 134 valence electrons. The number of carbonyl (C=O) groups is 1. The van der Waals surface area contributed by atoms with Crippen LogP contribution in [0.2, 0.25) is 0 Å². The summed E-state index contributed by atoms with van der Waals surface area (Å²) in [6, 6.07) is 15.6. The van der Waals surface area contributed by atoms with Gasteiger partial charge in [-0.2, -0.15) is 5.10 Å². The fourth-order valence-electron chi connectivity index (χ4n) is 2.72. The van der Waals surface area contributed by atoms with Crippen molar-refractivity contribution in [1.29, 1.82) is 0 Å². The van der Waals surface area contributed by atoms with Crippen LogP contribution in [0.4, 0.5) is 0 Å². The number of aromatic nitrogens is 4. The molecule has 0 aliphatic rings. The molecule has 1 aromatic carbocycles. The summed E-state index contributed by atoms with van der Waals surface area (Å²) in [5.41, 5.74) is 3.09. The van der Waals surface area contributed by atoms with E-state index in [-0.39, 0.29) is 5.91 Å². The molecule has 7 heteroatoms. The van der Waals surface area contributed by atoms with Crippen molar-refractivity contribution in [1.82, 2.24) is 25.1 Å². The van der Waals surface area contributed by atoms with Crippen LogP contribution in [0.25, 0.3) is 16.5 Å². The normalized spacial score (nSPS) is 10.7. The summed E-state index contributed by atoms with van der Waals surface area (Å²) in [5.74, 6) is 0.275. The van der Waals surface area contributed by atoms with Gasteiger partial charge in [-0.25, -0.2) is 14.6 Å². The highest BCUT2D eigenvalue weighted by Crippen LogP contribution is 2.23. The SMILES string of the molecule is Cc1c(C(=O)NCc2ccccc2)cnn1-c1nccc(-c2cccs2)n1. The van der Waals surface area contributed by atoms with Gasteiger partial charge in [0, 0.05) is 12.7 Å². The zero-order valence-corrected chi connectivity index (χ0v) is 15.5. The third-order valence-electron chi connectivity index (χ3n) is 4.16. The van der Waals surface area contributed by atoms with Gasteiger partial charge >= 0.3 is 0 Å². The Kier molecular flexibility index (Phi) is 4.76. The van der Waals surface area contributed by atoms with Gasteiger partial charge in [0.05, 0.1) is 28.0 Å². The van der Waals surface area contributed by atoms with Crippen molar-refractivity contribution in [2.75, 3.05) is 0 Å². The molecule has 0 aliphatic carbocycles. The maximum Gasteiger partial charge on any atom is 0.255 e. The predicted octanol–water partition coefficient (Wildman–Crippen LogP) is 3.63. The number of carbonyl (C=O) groups excluding carboxylic acids is 1. The second kappa shape index (κ2) is 7.51. The van der Waals surface area contributed by atoms with Crippen LogP contribution in [0.15, 0.2) is 66.3 Å². The Morgan fingerprint density at radius 3 is 2.78 bits per heavy atom. The molecule has 6 nitrogen and oxygen atoms in total. The Morgan fingerprint density at radius 1 is 1.15 bits per heavy atom. The second-order valence-corrected chi connectivity index (χ2v) is 6.89. The van der Waals surface area contributed by atoms with Crippen LogP contribution in [0.5, 0.6) is 0 Å². The molecular weight excluding hydrogens is 358 g/mol. The molecule has 3 heterocycles. The highest BCUT2D eigenvalue weighted by Gasteiger charge is 2.16. The number of thiophene rings is 1. The average Bonchev–Trinajstić information content (AvgIpc) is 3.37. The Labute approximate surface area is 160 Å². The molecule has 0 saturated heterocycles. The van der Waals surface area contributed by atoms with Crippen molar-refractivity contribution < 1.29 is 4.79 Å². The maximum atomic E-state index is 12.5. The van der Waals surface area contributed by atoms with Crippen LogP contribution >= 0.6 is 11.3 Å². The van der Waals surface area contributed by atoms with Crippen LogP contribution in [0.1, 0.15) is 21.6 Å². The summed E-state index contributed by atoms with van der Waals surface area (Å²) in [6.45, 7) is 2.31. The molecule has 0 atom stereocenters. The minimum Gasteiger partial charge on any atom is -0.348 e. The van der Waals surface area contributed by atoms with Crippen molar-refractivity contribution in [3.8, 4) is 16.5 Å². The van der Waals surface area contributed by atoms with E-state index >= 15 is 0 Å². The first kappa shape index (κ1) is 17.1. The van der Waals surface area contributed by atoms with Crippen molar-refractivity contribution in [2.24, 2.45) is 0 Å². The van der Waals surface area contributed by atoms with E-state index in [1.54, 1.807) is 28.4 Å². The number of benzene rings is 1. The molecule has 0 fully saturated rings. The number of rotatable bonds is 5. The molecule has 0 radical (unpaired) electrons. The lowest BCUT2D eigenvalue weighted by atomic mass is 10.2. The van der Waals surface area contributed by atoms with Gasteiger partial charge in [0.25, 0.3) is 11.9 Å². The number of amides is 1. The Bertz CT molecular complexity index is 1060. The predicted molar refractivity (Wildman–Crippen MR) is 105 cm³/mol. The van der Waals surface area contributed by atoms with Crippen LogP contribution in [-0.4, -0.2) is 25.7 Å².